The maximum absolute atomic E-state index is 12.3. The van der Waals surface area contributed by atoms with Crippen LogP contribution in [0.1, 0.15) is 50.5 Å². The first-order valence-corrected chi connectivity index (χ1v) is 6.68. The van der Waals surface area contributed by atoms with Crippen LogP contribution in [-0.4, -0.2) is 12.5 Å². The number of amides is 1. The summed E-state index contributed by atoms with van der Waals surface area (Å²) in [4.78, 5) is 12.3. The summed E-state index contributed by atoms with van der Waals surface area (Å²) in [6.07, 6.45) is 5.45. The fraction of sp³-hybridized carbons (Fsp3) is 0.643. The largest absolute Gasteiger partial charge is 0.469 e. The normalized spacial score (nSPS) is 22.1. The van der Waals surface area contributed by atoms with Crippen LogP contribution in [-0.2, 0) is 11.2 Å². The lowest BCUT2D eigenvalue weighted by atomic mass is 9.85. The van der Waals surface area contributed by atoms with Crippen LogP contribution >= 0.6 is 0 Å². The van der Waals surface area contributed by atoms with E-state index in [0.29, 0.717) is 6.54 Å². The molecule has 2 rings (SSSR count). The van der Waals surface area contributed by atoms with Crippen LogP contribution in [0.5, 0.6) is 0 Å². The molecule has 1 aromatic rings. The fourth-order valence-electron chi connectivity index (χ4n) is 2.37. The average Bonchev–Trinajstić information content (AvgIpc) is 2.87. The molecule has 0 aliphatic heterocycles. The number of hydrogen-bond donors (Lipinski definition) is 2. The second-order valence-corrected chi connectivity index (χ2v) is 5.34. The Morgan fingerprint density at radius 2 is 2.44 bits per heavy atom. The lowest BCUT2D eigenvalue weighted by Gasteiger charge is -2.30. The molecule has 0 spiro atoms. The Morgan fingerprint density at radius 3 is 3.11 bits per heavy atom. The molecule has 1 amide bonds. The van der Waals surface area contributed by atoms with Gasteiger partial charge in [-0.2, -0.15) is 0 Å². The summed E-state index contributed by atoms with van der Waals surface area (Å²) < 4.78 is 5.43. The molecule has 0 radical (unpaired) electrons. The number of carbonyl (C=O) groups is 1. The van der Waals surface area contributed by atoms with Gasteiger partial charge in [-0.05, 0) is 32.3 Å². The lowest BCUT2D eigenvalue weighted by Crippen LogP contribution is -2.45. The van der Waals surface area contributed by atoms with E-state index < -0.39 is 5.41 Å². The third kappa shape index (κ3) is 2.29. The Hall–Kier alpha value is -1.29. The van der Waals surface area contributed by atoms with E-state index in [1.807, 2.05) is 19.9 Å². The van der Waals surface area contributed by atoms with E-state index in [1.165, 1.54) is 0 Å². The van der Waals surface area contributed by atoms with Gasteiger partial charge in [-0.25, -0.2) is 0 Å². The molecule has 1 aromatic heterocycles. The number of furan rings is 1. The zero-order valence-corrected chi connectivity index (χ0v) is 11.2. The molecule has 4 nitrogen and oxygen atoms in total. The molecular formula is C14H22N2O2. The van der Waals surface area contributed by atoms with Crippen molar-refractivity contribution in [3.05, 3.63) is 23.7 Å². The Labute approximate surface area is 108 Å². The van der Waals surface area contributed by atoms with Gasteiger partial charge in [-0.3, -0.25) is 4.79 Å². The van der Waals surface area contributed by atoms with Gasteiger partial charge in [-0.15, -0.1) is 0 Å². The van der Waals surface area contributed by atoms with E-state index in [1.54, 1.807) is 6.26 Å². The molecule has 100 valence electrons. The second kappa shape index (κ2) is 5.14. The summed E-state index contributed by atoms with van der Waals surface area (Å²) in [5.74, 6) is 1.06. The third-order valence-corrected chi connectivity index (χ3v) is 4.14. The maximum atomic E-state index is 12.3. The molecule has 0 saturated carbocycles. The number of carbonyl (C=O) groups excluding carboxylic acids is 1. The van der Waals surface area contributed by atoms with Gasteiger partial charge in [0, 0.05) is 18.5 Å². The maximum Gasteiger partial charge on any atom is 0.227 e. The highest BCUT2D eigenvalue weighted by molar-refractivity contribution is 5.82. The van der Waals surface area contributed by atoms with Crippen LogP contribution in [0.15, 0.2) is 16.7 Å². The van der Waals surface area contributed by atoms with Gasteiger partial charge in [0.25, 0.3) is 0 Å². The molecule has 1 heterocycles. The number of rotatable bonds is 4. The minimum absolute atomic E-state index is 0.0477. The quantitative estimate of drug-likeness (QED) is 0.860. The summed E-state index contributed by atoms with van der Waals surface area (Å²) in [5.41, 5.74) is 6.38. The van der Waals surface area contributed by atoms with E-state index in [-0.39, 0.29) is 11.9 Å². The van der Waals surface area contributed by atoms with Gasteiger partial charge in [0.2, 0.25) is 5.91 Å². The van der Waals surface area contributed by atoms with Crippen LogP contribution in [0.4, 0.5) is 0 Å². The van der Waals surface area contributed by atoms with E-state index >= 15 is 0 Å². The lowest BCUT2D eigenvalue weighted by molar-refractivity contribution is -0.130. The average molecular weight is 250 g/mol. The molecule has 2 unspecified atom stereocenters. The van der Waals surface area contributed by atoms with Crippen molar-refractivity contribution in [1.29, 1.82) is 0 Å². The molecule has 3 N–H and O–H groups in total. The fourth-order valence-corrected chi connectivity index (χ4v) is 2.37. The molecule has 0 aromatic carbocycles. The molecule has 1 aliphatic rings. The van der Waals surface area contributed by atoms with Gasteiger partial charge in [0.05, 0.1) is 17.7 Å². The second-order valence-electron chi connectivity index (χ2n) is 5.34. The van der Waals surface area contributed by atoms with Crippen molar-refractivity contribution in [2.24, 2.45) is 11.1 Å². The topological polar surface area (TPSA) is 68.3 Å². The van der Waals surface area contributed by atoms with Crippen LogP contribution < -0.4 is 11.1 Å². The summed E-state index contributed by atoms with van der Waals surface area (Å²) >= 11 is 0. The first-order valence-electron chi connectivity index (χ1n) is 6.68. The highest BCUT2D eigenvalue weighted by atomic mass is 16.3. The van der Waals surface area contributed by atoms with Gasteiger partial charge in [0.15, 0.2) is 0 Å². The number of hydrogen-bond acceptors (Lipinski definition) is 3. The van der Waals surface area contributed by atoms with Crippen molar-refractivity contribution < 1.29 is 9.21 Å². The molecule has 0 bridgehead atoms. The number of nitrogens with two attached hydrogens (primary N) is 1. The molecule has 0 fully saturated rings. The van der Waals surface area contributed by atoms with Crippen molar-refractivity contribution in [2.75, 3.05) is 6.54 Å². The van der Waals surface area contributed by atoms with Gasteiger partial charge < -0.3 is 15.5 Å². The number of fused-ring (bicyclic) bond motifs is 1. The highest BCUT2D eigenvalue weighted by Gasteiger charge is 2.33. The molecule has 1 aliphatic carbocycles. The van der Waals surface area contributed by atoms with Crippen LogP contribution in [0.2, 0.25) is 0 Å². The third-order valence-electron chi connectivity index (χ3n) is 4.14. The zero-order valence-electron chi connectivity index (χ0n) is 11.2. The number of nitrogens with one attached hydrogen (secondary N) is 1. The van der Waals surface area contributed by atoms with Crippen molar-refractivity contribution in [3.63, 3.8) is 0 Å². The van der Waals surface area contributed by atoms with Crippen LogP contribution in [0, 0.1) is 5.41 Å². The Morgan fingerprint density at radius 1 is 1.67 bits per heavy atom. The monoisotopic (exact) mass is 250 g/mol. The smallest absolute Gasteiger partial charge is 0.227 e. The molecule has 0 saturated heterocycles. The van der Waals surface area contributed by atoms with E-state index in [9.17, 15) is 4.79 Å². The molecule has 2 atom stereocenters. The van der Waals surface area contributed by atoms with Crippen molar-refractivity contribution >= 4 is 5.91 Å². The van der Waals surface area contributed by atoms with Crippen molar-refractivity contribution in [3.8, 4) is 0 Å². The Bertz CT molecular complexity index is 421. The molecule has 4 heteroatoms. The predicted octanol–water partition coefficient (Wildman–Crippen LogP) is 2.15. The number of aryl methyl sites for hydroxylation is 1. The minimum Gasteiger partial charge on any atom is -0.469 e. The van der Waals surface area contributed by atoms with Crippen LogP contribution in [0.25, 0.3) is 0 Å². The minimum atomic E-state index is -0.471. The first kappa shape index (κ1) is 13.1. The van der Waals surface area contributed by atoms with Crippen molar-refractivity contribution in [1.82, 2.24) is 5.32 Å². The van der Waals surface area contributed by atoms with E-state index in [0.717, 1.165) is 37.0 Å². The Kier molecular flexibility index (Phi) is 3.76. The summed E-state index contributed by atoms with van der Waals surface area (Å²) in [5, 5.41) is 3.12. The zero-order chi connectivity index (χ0) is 13.2. The van der Waals surface area contributed by atoms with Crippen LogP contribution in [0.3, 0.4) is 0 Å². The highest BCUT2D eigenvalue weighted by Crippen LogP contribution is 2.31. The summed E-state index contributed by atoms with van der Waals surface area (Å²) in [6.45, 7) is 4.29. The Balaban J connectivity index is 2.10. The van der Waals surface area contributed by atoms with Gasteiger partial charge in [0.1, 0.15) is 5.76 Å². The van der Waals surface area contributed by atoms with Gasteiger partial charge >= 0.3 is 0 Å². The standard InChI is InChI=1S/C14H22N2O2/c1-3-14(2,9-15)13(17)16-11-5-4-6-12-10(11)7-8-18-12/h7-8,11H,3-6,9,15H2,1-2H3,(H,16,17). The SMILES string of the molecule is CCC(C)(CN)C(=O)NC1CCCc2occc21. The summed E-state index contributed by atoms with van der Waals surface area (Å²) in [6, 6.07) is 2.04. The summed E-state index contributed by atoms with van der Waals surface area (Å²) in [7, 11) is 0. The van der Waals surface area contributed by atoms with E-state index in [2.05, 4.69) is 5.32 Å². The predicted molar refractivity (Wildman–Crippen MR) is 70.0 cm³/mol. The van der Waals surface area contributed by atoms with Crippen molar-refractivity contribution in [2.45, 2.75) is 45.6 Å². The van der Waals surface area contributed by atoms with E-state index in [4.69, 9.17) is 10.2 Å². The molecular weight excluding hydrogens is 228 g/mol. The van der Waals surface area contributed by atoms with Gasteiger partial charge in [-0.1, -0.05) is 6.92 Å². The first-order chi connectivity index (χ1) is 8.60. The molecule has 18 heavy (non-hydrogen) atoms.